The van der Waals surface area contributed by atoms with Crippen LogP contribution in [0.1, 0.15) is 12.8 Å². The van der Waals surface area contributed by atoms with E-state index in [2.05, 4.69) is 14.6 Å². The van der Waals surface area contributed by atoms with Crippen molar-refractivity contribution in [1.29, 1.82) is 0 Å². The quantitative estimate of drug-likeness (QED) is 0.814. The first-order valence-electron chi connectivity index (χ1n) is 8.48. The molecule has 0 radical (unpaired) electrons. The first-order valence-corrected chi connectivity index (χ1v) is 10.3. The summed E-state index contributed by atoms with van der Waals surface area (Å²) in [5.41, 5.74) is 1.11. The number of benzene rings is 1. The minimum atomic E-state index is -3.67. The Kier molecular flexibility index (Phi) is 6.01. The summed E-state index contributed by atoms with van der Waals surface area (Å²) in [6, 6.07) is 8.54. The Morgan fingerprint density at radius 2 is 2.08 bits per heavy atom. The van der Waals surface area contributed by atoms with Crippen molar-refractivity contribution in [2.24, 2.45) is 5.92 Å². The summed E-state index contributed by atoms with van der Waals surface area (Å²) in [4.78, 5) is 6.49. The molecule has 1 aromatic carbocycles. The molecule has 2 aromatic rings. The summed E-state index contributed by atoms with van der Waals surface area (Å²) in [5, 5.41) is 0.357. The van der Waals surface area contributed by atoms with Gasteiger partial charge in [0.25, 0.3) is 0 Å². The zero-order valence-corrected chi connectivity index (χ0v) is 16.1. The van der Waals surface area contributed by atoms with Gasteiger partial charge in [-0.2, -0.15) is 0 Å². The molecule has 0 bridgehead atoms. The molecule has 3 rings (SSSR count). The number of pyridine rings is 1. The molecule has 2 heterocycles. The van der Waals surface area contributed by atoms with E-state index in [1.54, 1.807) is 18.3 Å². The fourth-order valence-electron chi connectivity index (χ4n) is 3.10. The van der Waals surface area contributed by atoms with Gasteiger partial charge >= 0.3 is 0 Å². The summed E-state index contributed by atoms with van der Waals surface area (Å²) in [5.74, 6) is 0.580. The third kappa shape index (κ3) is 4.47. The number of piperidine rings is 1. The van der Waals surface area contributed by atoms with Crippen molar-refractivity contribution in [3.8, 4) is 5.75 Å². The molecule has 0 atom stereocenters. The first kappa shape index (κ1) is 18.9. The molecule has 26 heavy (non-hydrogen) atoms. The van der Waals surface area contributed by atoms with Crippen molar-refractivity contribution in [2.45, 2.75) is 17.7 Å². The van der Waals surface area contributed by atoms with Crippen LogP contribution in [0.3, 0.4) is 0 Å². The van der Waals surface area contributed by atoms with Crippen LogP contribution in [-0.2, 0) is 10.0 Å². The third-order valence-electron chi connectivity index (χ3n) is 4.60. The molecule has 0 aliphatic carbocycles. The first-order chi connectivity index (χ1) is 12.5. The number of anilines is 1. The molecule has 1 fully saturated rings. The largest absolute Gasteiger partial charge is 0.495 e. The van der Waals surface area contributed by atoms with Gasteiger partial charge in [0.05, 0.1) is 19.0 Å². The molecule has 1 aromatic heterocycles. The smallest absolute Gasteiger partial charge is 0.244 e. The van der Waals surface area contributed by atoms with Crippen LogP contribution >= 0.6 is 11.6 Å². The highest BCUT2D eigenvalue weighted by Gasteiger charge is 2.24. The number of aromatic nitrogens is 1. The summed E-state index contributed by atoms with van der Waals surface area (Å²) in [7, 11) is -2.23. The average Bonchev–Trinajstić information content (AvgIpc) is 2.67. The van der Waals surface area contributed by atoms with Crippen molar-refractivity contribution in [2.75, 3.05) is 31.6 Å². The molecular formula is C18H22ClN3O3S. The molecule has 0 unspecified atom stereocenters. The van der Waals surface area contributed by atoms with Gasteiger partial charge in [0.15, 0.2) is 0 Å². The molecule has 1 aliphatic heterocycles. The van der Waals surface area contributed by atoms with E-state index in [-0.39, 0.29) is 10.6 Å². The van der Waals surface area contributed by atoms with Crippen molar-refractivity contribution in [3.05, 3.63) is 47.7 Å². The fraction of sp³-hybridized carbons (Fsp3) is 0.389. The minimum absolute atomic E-state index is 0.0697. The van der Waals surface area contributed by atoms with E-state index in [4.69, 9.17) is 16.3 Å². The number of rotatable bonds is 6. The van der Waals surface area contributed by atoms with Gasteiger partial charge in [-0.3, -0.25) is 4.98 Å². The monoisotopic (exact) mass is 395 g/mol. The second-order valence-electron chi connectivity index (χ2n) is 6.29. The normalized spacial score (nSPS) is 15.8. The lowest BCUT2D eigenvalue weighted by atomic mass is 9.97. The lowest BCUT2D eigenvalue weighted by molar-refractivity contribution is 0.395. The van der Waals surface area contributed by atoms with Crippen LogP contribution in [0.4, 0.5) is 5.69 Å². The van der Waals surface area contributed by atoms with Gasteiger partial charge < -0.3 is 9.64 Å². The molecule has 1 saturated heterocycles. The van der Waals surface area contributed by atoms with E-state index >= 15 is 0 Å². The van der Waals surface area contributed by atoms with Gasteiger partial charge in [0, 0.05) is 30.9 Å². The minimum Gasteiger partial charge on any atom is -0.495 e. The Bertz CT molecular complexity index is 838. The second-order valence-corrected chi connectivity index (χ2v) is 8.46. The van der Waals surface area contributed by atoms with E-state index < -0.39 is 10.0 Å². The molecule has 0 saturated carbocycles. The number of nitrogens with one attached hydrogen (secondary N) is 1. The number of halogens is 1. The number of ether oxygens (including phenoxy) is 1. The lowest BCUT2D eigenvalue weighted by Gasteiger charge is -2.33. The van der Waals surface area contributed by atoms with Gasteiger partial charge in [-0.05, 0) is 49.1 Å². The molecule has 0 spiro atoms. The third-order valence-corrected chi connectivity index (χ3v) is 6.28. The summed E-state index contributed by atoms with van der Waals surface area (Å²) in [6.07, 6.45) is 5.46. The van der Waals surface area contributed by atoms with Gasteiger partial charge in [-0.15, -0.1) is 0 Å². The van der Waals surface area contributed by atoms with Gasteiger partial charge in [-0.1, -0.05) is 11.6 Å². The predicted molar refractivity (Wildman–Crippen MR) is 102 cm³/mol. The number of hydrogen-bond donors (Lipinski definition) is 1. The number of hydrogen-bond acceptors (Lipinski definition) is 5. The molecule has 8 heteroatoms. The summed E-state index contributed by atoms with van der Waals surface area (Å²) in [6.45, 7) is 2.18. The molecule has 1 N–H and O–H groups in total. The van der Waals surface area contributed by atoms with Crippen LogP contribution in [0.5, 0.6) is 5.75 Å². The SMILES string of the molecule is COc1ccc(Cl)cc1S(=O)(=O)NCC1CCN(c2cccnc2)CC1. The van der Waals surface area contributed by atoms with Crippen LogP contribution in [0.15, 0.2) is 47.6 Å². The van der Waals surface area contributed by atoms with Gasteiger partial charge in [0.2, 0.25) is 10.0 Å². The van der Waals surface area contributed by atoms with Crippen LogP contribution in [0.25, 0.3) is 0 Å². The highest BCUT2D eigenvalue weighted by molar-refractivity contribution is 7.89. The van der Waals surface area contributed by atoms with Crippen LogP contribution in [0.2, 0.25) is 5.02 Å². The second kappa shape index (κ2) is 8.24. The van der Waals surface area contributed by atoms with E-state index in [0.29, 0.717) is 17.5 Å². The van der Waals surface area contributed by atoms with Crippen LogP contribution in [0, 0.1) is 5.92 Å². The number of methoxy groups -OCH3 is 1. The van der Waals surface area contributed by atoms with E-state index in [1.807, 2.05) is 18.3 Å². The van der Waals surface area contributed by atoms with E-state index in [1.165, 1.54) is 13.2 Å². The highest BCUT2D eigenvalue weighted by atomic mass is 35.5. The average molecular weight is 396 g/mol. The molecule has 140 valence electrons. The van der Waals surface area contributed by atoms with Gasteiger partial charge in [0.1, 0.15) is 10.6 Å². The molecular weight excluding hydrogens is 374 g/mol. The predicted octanol–water partition coefficient (Wildman–Crippen LogP) is 2.94. The maximum Gasteiger partial charge on any atom is 0.244 e. The topological polar surface area (TPSA) is 71.5 Å². The Labute approximate surface area is 159 Å². The highest BCUT2D eigenvalue weighted by Crippen LogP contribution is 2.27. The molecule has 6 nitrogen and oxygen atoms in total. The standard InChI is InChI=1S/C18H22ClN3O3S/c1-25-17-5-4-15(19)11-18(17)26(23,24)21-12-14-6-9-22(10-7-14)16-3-2-8-20-13-16/h2-5,8,11,13-14,21H,6-7,9-10,12H2,1H3. The molecule has 0 amide bonds. The number of sulfonamides is 1. The fourth-order valence-corrected chi connectivity index (χ4v) is 4.65. The molecule has 1 aliphatic rings. The Balaban J connectivity index is 1.59. The van der Waals surface area contributed by atoms with E-state index in [0.717, 1.165) is 31.6 Å². The Morgan fingerprint density at radius 3 is 2.73 bits per heavy atom. The zero-order chi connectivity index (χ0) is 18.6. The van der Waals surface area contributed by atoms with Crippen molar-refractivity contribution in [3.63, 3.8) is 0 Å². The van der Waals surface area contributed by atoms with Crippen molar-refractivity contribution < 1.29 is 13.2 Å². The summed E-state index contributed by atoms with van der Waals surface area (Å²) >= 11 is 5.94. The summed E-state index contributed by atoms with van der Waals surface area (Å²) < 4.78 is 33.1. The van der Waals surface area contributed by atoms with E-state index in [9.17, 15) is 8.42 Å². The van der Waals surface area contributed by atoms with Crippen molar-refractivity contribution in [1.82, 2.24) is 9.71 Å². The maximum atomic E-state index is 12.6. The van der Waals surface area contributed by atoms with Crippen LogP contribution in [-0.4, -0.2) is 40.1 Å². The Morgan fingerprint density at radius 1 is 1.31 bits per heavy atom. The Hall–Kier alpha value is -1.83. The lowest BCUT2D eigenvalue weighted by Crippen LogP contribution is -2.38. The maximum absolute atomic E-state index is 12.6. The number of nitrogens with zero attached hydrogens (tertiary/aromatic N) is 2. The van der Waals surface area contributed by atoms with Gasteiger partial charge in [-0.25, -0.2) is 13.1 Å². The van der Waals surface area contributed by atoms with Crippen LogP contribution < -0.4 is 14.4 Å². The zero-order valence-electron chi connectivity index (χ0n) is 14.6. The van der Waals surface area contributed by atoms with Crippen molar-refractivity contribution >= 4 is 27.3 Å².